The van der Waals surface area contributed by atoms with E-state index in [0.29, 0.717) is 11.1 Å². The SMILES string of the molecule is Cc1nc(C(F)(F)F)cn1-c1ccc(-c2cccc(C(C)(C)C=O)c2)cc1/C(=C/N)N(N)c1ccc(OC(F)(F)F)cc1. The van der Waals surface area contributed by atoms with Gasteiger partial charge in [0.05, 0.1) is 17.1 Å². The molecule has 43 heavy (non-hydrogen) atoms. The van der Waals surface area contributed by atoms with Crippen molar-refractivity contribution in [1.29, 1.82) is 0 Å². The number of alkyl halides is 6. The molecule has 1 aromatic heterocycles. The van der Waals surface area contributed by atoms with Crippen LogP contribution in [0, 0.1) is 6.92 Å². The average molecular weight is 604 g/mol. The van der Waals surface area contributed by atoms with E-state index in [-0.39, 0.29) is 28.5 Å². The van der Waals surface area contributed by atoms with Crippen LogP contribution in [0.1, 0.15) is 36.5 Å². The van der Waals surface area contributed by atoms with E-state index in [1.807, 2.05) is 6.07 Å². The van der Waals surface area contributed by atoms with Gasteiger partial charge in [0.2, 0.25) is 0 Å². The van der Waals surface area contributed by atoms with Crippen molar-refractivity contribution in [2.45, 2.75) is 38.7 Å². The quantitative estimate of drug-likeness (QED) is 0.0986. The second kappa shape index (κ2) is 11.5. The van der Waals surface area contributed by atoms with E-state index in [2.05, 4.69) is 9.72 Å². The number of hydrazine groups is 1. The molecule has 0 saturated carbocycles. The predicted octanol–water partition coefficient (Wildman–Crippen LogP) is 6.88. The number of nitrogens with zero attached hydrogens (tertiary/aromatic N) is 3. The number of carbonyl (C=O) groups excluding carboxylic acids is 1. The summed E-state index contributed by atoms with van der Waals surface area (Å²) in [5, 5.41) is 1.09. The molecule has 0 amide bonds. The average Bonchev–Trinajstić information content (AvgIpc) is 3.35. The summed E-state index contributed by atoms with van der Waals surface area (Å²) in [5.41, 5.74) is 7.04. The van der Waals surface area contributed by atoms with Gasteiger partial charge in [-0.1, -0.05) is 30.3 Å². The summed E-state index contributed by atoms with van der Waals surface area (Å²) in [6.45, 7) is 4.93. The van der Waals surface area contributed by atoms with E-state index in [4.69, 9.17) is 11.6 Å². The van der Waals surface area contributed by atoms with Crippen molar-refractivity contribution >= 4 is 17.7 Å². The molecule has 7 nitrogen and oxygen atoms in total. The van der Waals surface area contributed by atoms with E-state index >= 15 is 0 Å². The Bertz CT molecular complexity index is 1660. The monoisotopic (exact) mass is 603 g/mol. The number of carbonyl (C=O) groups is 1. The van der Waals surface area contributed by atoms with Crippen molar-refractivity contribution < 1.29 is 35.9 Å². The summed E-state index contributed by atoms with van der Waals surface area (Å²) >= 11 is 0. The van der Waals surface area contributed by atoms with Gasteiger partial charge < -0.3 is 19.8 Å². The molecule has 0 spiro atoms. The van der Waals surface area contributed by atoms with Crippen LogP contribution in [0.15, 0.2) is 79.1 Å². The zero-order chi connectivity index (χ0) is 31.7. The summed E-state index contributed by atoms with van der Waals surface area (Å²) in [7, 11) is 0. The molecule has 0 aliphatic heterocycles. The lowest BCUT2D eigenvalue weighted by Gasteiger charge is -2.25. The minimum atomic E-state index is -4.89. The lowest BCUT2D eigenvalue weighted by molar-refractivity contribution is -0.274. The number of nitrogens with two attached hydrogens (primary N) is 2. The third-order valence-electron chi connectivity index (χ3n) is 6.71. The highest BCUT2D eigenvalue weighted by Gasteiger charge is 2.35. The number of rotatable bonds is 8. The van der Waals surface area contributed by atoms with Crippen molar-refractivity contribution in [1.82, 2.24) is 9.55 Å². The van der Waals surface area contributed by atoms with Gasteiger partial charge in [-0.05, 0) is 73.9 Å². The fourth-order valence-electron chi connectivity index (χ4n) is 4.40. The van der Waals surface area contributed by atoms with Crippen LogP contribution < -0.4 is 21.3 Å². The normalized spacial score (nSPS) is 12.7. The molecule has 0 bridgehead atoms. The number of ether oxygens (including phenoxy) is 1. The minimum Gasteiger partial charge on any atom is -0.406 e. The van der Waals surface area contributed by atoms with Crippen LogP contribution in [-0.2, 0) is 16.4 Å². The fourth-order valence-corrected chi connectivity index (χ4v) is 4.40. The maximum atomic E-state index is 13.5. The minimum absolute atomic E-state index is 0.0321. The molecule has 4 aromatic rings. The number of anilines is 1. The van der Waals surface area contributed by atoms with Crippen LogP contribution in [0.4, 0.5) is 32.0 Å². The Kier molecular flexibility index (Phi) is 8.32. The van der Waals surface area contributed by atoms with Crippen molar-refractivity contribution in [2.24, 2.45) is 11.6 Å². The molecule has 0 fully saturated rings. The third-order valence-corrected chi connectivity index (χ3v) is 6.71. The lowest BCUT2D eigenvalue weighted by Crippen LogP contribution is -2.30. The Labute approximate surface area is 243 Å². The summed E-state index contributed by atoms with van der Waals surface area (Å²) in [6, 6.07) is 16.8. The highest BCUT2D eigenvalue weighted by atomic mass is 19.4. The molecule has 4 rings (SSSR count). The van der Waals surface area contributed by atoms with Gasteiger partial charge in [-0.2, -0.15) is 13.2 Å². The molecular formula is C30H27F6N5O2. The van der Waals surface area contributed by atoms with Crippen LogP contribution in [0.3, 0.4) is 0 Å². The number of aldehydes is 1. The maximum Gasteiger partial charge on any atom is 0.573 e. The molecular weight excluding hydrogens is 576 g/mol. The molecule has 226 valence electrons. The van der Waals surface area contributed by atoms with E-state index in [1.165, 1.54) is 23.6 Å². The van der Waals surface area contributed by atoms with Gasteiger partial charge >= 0.3 is 12.5 Å². The molecule has 0 atom stereocenters. The van der Waals surface area contributed by atoms with Gasteiger partial charge in [-0.15, -0.1) is 13.2 Å². The van der Waals surface area contributed by atoms with Gasteiger partial charge in [-0.3, -0.25) is 5.01 Å². The molecule has 1 heterocycles. The molecule has 3 aromatic carbocycles. The van der Waals surface area contributed by atoms with Crippen molar-refractivity contribution in [2.75, 3.05) is 5.01 Å². The van der Waals surface area contributed by atoms with Gasteiger partial charge in [0.1, 0.15) is 17.9 Å². The third kappa shape index (κ3) is 6.83. The Morgan fingerprint density at radius 1 is 0.953 bits per heavy atom. The van der Waals surface area contributed by atoms with Gasteiger partial charge in [0.15, 0.2) is 5.69 Å². The largest absolute Gasteiger partial charge is 0.573 e. The predicted molar refractivity (Wildman–Crippen MR) is 150 cm³/mol. The summed E-state index contributed by atoms with van der Waals surface area (Å²) in [5.74, 6) is 5.94. The first-order valence-corrected chi connectivity index (χ1v) is 12.7. The molecule has 13 heteroatoms. The molecule has 0 aliphatic carbocycles. The zero-order valence-corrected chi connectivity index (χ0v) is 23.2. The summed E-state index contributed by atoms with van der Waals surface area (Å²) < 4.78 is 83.6. The number of benzene rings is 3. The number of aryl methyl sites for hydroxylation is 1. The fraction of sp³-hybridized carbons (Fsp3) is 0.200. The number of aromatic nitrogens is 2. The van der Waals surface area contributed by atoms with Crippen molar-refractivity contribution in [3.05, 3.63) is 102 Å². The molecule has 4 N–H and O–H groups in total. The van der Waals surface area contributed by atoms with Gasteiger partial charge in [-0.25, -0.2) is 10.8 Å². The van der Waals surface area contributed by atoms with Crippen LogP contribution in [-0.4, -0.2) is 22.2 Å². The number of hydrogen-bond donors (Lipinski definition) is 2. The first-order valence-electron chi connectivity index (χ1n) is 12.7. The number of imidazole rings is 1. The topological polar surface area (TPSA) is 99.4 Å². The van der Waals surface area contributed by atoms with Gasteiger partial charge in [0.25, 0.3) is 0 Å². The zero-order valence-electron chi connectivity index (χ0n) is 23.2. The van der Waals surface area contributed by atoms with Crippen LogP contribution in [0.25, 0.3) is 22.5 Å². The van der Waals surface area contributed by atoms with Crippen LogP contribution in [0.2, 0.25) is 0 Å². The standard InChI is InChI=1S/C30H27F6N5O2/c1-18-39-27(29(31,32)33)16-40(18)25-12-7-20(19-5-4-6-21(13-19)28(2,3)17-42)14-24(25)26(15-37)41(38)22-8-10-23(11-9-22)43-30(34,35)36/h4-17H,37-38H2,1-3H3/b26-15-. The lowest BCUT2D eigenvalue weighted by atomic mass is 9.84. The molecule has 0 radical (unpaired) electrons. The first kappa shape index (κ1) is 31.2. The smallest absolute Gasteiger partial charge is 0.406 e. The van der Waals surface area contributed by atoms with Crippen LogP contribution >= 0.6 is 0 Å². The summed E-state index contributed by atoms with van der Waals surface area (Å²) in [4.78, 5) is 15.3. The molecule has 0 saturated heterocycles. The Hall–Kier alpha value is -4.78. The van der Waals surface area contributed by atoms with Crippen molar-refractivity contribution in [3.63, 3.8) is 0 Å². The van der Waals surface area contributed by atoms with E-state index in [9.17, 15) is 31.1 Å². The van der Waals surface area contributed by atoms with Gasteiger partial charge in [0, 0.05) is 23.4 Å². The number of hydrogen-bond acceptors (Lipinski definition) is 6. The van der Waals surface area contributed by atoms with Crippen LogP contribution in [0.5, 0.6) is 5.75 Å². The second-order valence-electron chi connectivity index (χ2n) is 10.2. The Balaban J connectivity index is 1.87. The highest BCUT2D eigenvalue weighted by molar-refractivity contribution is 5.85. The second-order valence-corrected chi connectivity index (χ2v) is 10.2. The molecule has 0 aliphatic rings. The van der Waals surface area contributed by atoms with Crippen molar-refractivity contribution in [3.8, 4) is 22.6 Å². The maximum absolute atomic E-state index is 13.5. The first-order chi connectivity index (χ1) is 20.0. The van der Waals surface area contributed by atoms with E-state index < -0.39 is 29.4 Å². The molecule has 0 unspecified atom stereocenters. The Morgan fingerprint density at radius 3 is 2.16 bits per heavy atom. The van der Waals surface area contributed by atoms with E-state index in [1.54, 1.807) is 50.2 Å². The highest BCUT2D eigenvalue weighted by Crippen LogP contribution is 2.36. The Morgan fingerprint density at radius 2 is 1.60 bits per heavy atom. The number of halogens is 6. The van der Waals surface area contributed by atoms with E-state index in [0.717, 1.165) is 41.4 Å². The summed E-state index contributed by atoms with van der Waals surface area (Å²) in [6.07, 6.45) is -6.79.